The van der Waals surface area contributed by atoms with Gasteiger partial charge in [0.05, 0.1) is 10.6 Å². The van der Waals surface area contributed by atoms with Crippen molar-refractivity contribution in [2.45, 2.75) is 4.90 Å². The molecular formula is C14H11N2O2S+. The van der Waals surface area contributed by atoms with E-state index in [1.54, 1.807) is 4.52 Å². The third-order valence-electron chi connectivity index (χ3n) is 2.78. The number of aromatic nitrogens is 2. The molecule has 0 bridgehead atoms. The summed E-state index contributed by atoms with van der Waals surface area (Å²) in [6.45, 7) is 0. The molecule has 3 aromatic rings. The molecule has 0 saturated heterocycles. The molecule has 0 fully saturated rings. The van der Waals surface area contributed by atoms with E-state index in [9.17, 15) is 4.79 Å². The molecule has 5 heteroatoms. The zero-order valence-electron chi connectivity index (χ0n) is 9.98. The molecule has 0 amide bonds. The smallest absolute Gasteiger partial charge is 0.313 e. The van der Waals surface area contributed by atoms with Gasteiger partial charge < -0.3 is 5.11 Å². The largest absolute Gasteiger partial charge is 0.481 e. The quantitative estimate of drug-likeness (QED) is 0.450. The van der Waals surface area contributed by atoms with Crippen molar-refractivity contribution >= 4 is 34.2 Å². The van der Waals surface area contributed by atoms with E-state index in [0.29, 0.717) is 0 Å². The number of aliphatic carboxylic acids is 1. The Hall–Kier alpha value is -2.14. The van der Waals surface area contributed by atoms with Crippen LogP contribution in [0.1, 0.15) is 0 Å². The lowest BCUT2D eigenvalue weighted by atomic mass is 10.2. The van der Waals surface area contributed by atoms with Crippen LogP contribution in [0.2, 0.25) is 0 Å². The molecule has 0 aliphatic carbocycles. The zero-order chi connectivity index (χ0) is 13.2. The number of thioether (sulfide) groups is 1. The Morgan fingerprint density at radius 1 is 1.21 bits per heavy atom. The summed E-state index contributed by atoms with van der Waals surface area (Å²) >= 11 is 1.33. The Kier molecular flexibility index (Phi) is 3.05. The highest BCUT2D eigenvalue weighted by molar-refractivity contribution is 8.00. The van der Waals surface area contributed by atoms with Gasteiger partial charge in [0.15, 0.2) is 0 Å². The van der Waals surface area contributed by atoms with Gasteiger partial charge >= 0.3 is 5.97 Å². The van der Waals surface area contributed by atoms with Crippen molar-refractivity contribution in [3.05, 3.63) is 48.7 Å². The Morgan fingerprint density at radius 2 is 2.00 bits per heavy atom. The summed E-state index contributed by atoms with van der Waals surface area (Å²) in [5.41, 5.74) is 1.78. The van der Waals surface area contributed by atoms with Crippen molar-refractivity contribution in [3.8, 4) is 0 Å². The summed E-state index contributed by atoms with van der Waals surface area (Å²) in [6.07, 6.45) is 1.87. The molecule has 0 radical (unpaired) electrons. The minimum atomic E-state index is -0.819. The predicted molar refractivity (Wildman–Crippen MR) is 73.3 cm³/mol. The molecule has 0 spiro atoms. The number of nitrogens with zero attached hydrogens (tertiary/aromatic N) is 2. The van der Waals surface area contributed by atoms with Crippen molar-refractivity contribution in [2.24, 2.45) is 0 Å². The third kappa shape index (κ3) is 2.24. The highest BCUT2D eigenvalue weighted by Crippen LogP contribution is 2.28. The van der Waals surface area contributed by atoms with Crippen LogP contribution in [0.3, 0.4) is 0 Å². The summed E-state index contributed by atoms with van der Waals surface area (Å²) in [7, 11) is 0. The number of hydrogen-bond acceptors (Lipinski definition) is 3. The number of benzene rings is 1. The summed E-state index contributed by atoms with van der Waals surface area (Å²) in [6, 6.07) is 13.5. The summed E-state index contributed by atoms with van der Waals surface area (Å²) in [5, 5.41) is 14.4. The number of carbonyl (C=O) groups is 1. The molecule has 0 saturated carbocycles. The first-order chi connectivity index (χ1) is 9.25. The van der Waals surface area contributed by atoms with Gasteiger partial charge in [-0.3, -0.25) is 4.79 Å². The fourth-order valence-corrected chi connectivity index (χ4v) is 2.90. The Morgan fingerprint density at radius 3 is 2.84 bits per heavy atom. The maximum Gasteiger partial charge on any atom is 0.313 e. The van der Waals surface area contributed by atoms with E-state index in [4.69, 9.17) is 5.11 Å². The molecule has 1 aromatic carbocycles. The Balaban J connectivity index is 2.29. The molecule has 4 nitrogen and oxygen atoms in total. The summed E-state index contributed by atoms with van der Waals surface area (Å²) in [5.74, 6) is -0.779. The normalized spacial score (nSPS) is 10.9. The van der Waals surface area contributed by atoms with Crippen LogP contribution in [0, 0.1) is 0 Å². The van der Waals surface area contributed by atoms with Gasteiger partial charge in [0, 0.05) is 22.6 Å². The standard InChI is InChI=1S/C14H10N2O2S/c17-13(18)9-19-14-10-5-1-2-6-11(10)15-16-8-4-3-7-12(14)16/h1-8H,9H2/p+1. The number of pyridine rings is 1. The second-order valence-corrected chi connectivity index (χ2v) is 5.04. The maximum atomic E-state index is 10.8. The van der Waals surface area contributed by atoms with Crippen molar-refractivity contribution in [1.29, 1.82) is 0 Å². The molecule has 3 rings (SSSR count). The third-order valence-corrected chi connectivity index (χ3v) is 3.89. The van der Waals surface area contributed by atoms with Crippen LogP contribution in [0.15, 0.2) is 53.6 Å². The van der Waals surface area contributed by atoms with Crippen LogP contribution in [-0.4, -0.2) is 21.9 Å². The van der Waals surface area contributed by atoms with E-state index in [2.05, 4.69) is 5.10 Å². The van der Waals surface area contributed by atoms with Gasteiger partial charge in [-0.15, -0.1) is 11.8 Å². The molecule has 19 heavy (non-hydrogen) atoms. The van der Waals surface area contributed by atoms with E-state index >= 15 is 0 Å². The average Bonchev–Trinajstić information content (AvgIpc) is 2.43. The summed E-state index contributed by atoms with van der Waals surface area (Å²) in [4.78, 5) is 11.8. The van der Waals surface area contributed by atoms with Crippen LogP contribution in [-0.2, 0) is 4.79 Å². The first-order valence-corrected chi connectivity index (χ1v) is 6.78. The Labute approximate surface area is 113 Å². The number of fused-ring (bicyclic) bond motifs is 2. The highest BCUT2D eigenvalue weighted by Gasteiger charge is 2.16. The van der Waals surface area contributed by atoms with Crippen LogP contribution in [0.25, 0.3) is 16.4 Å². The number of hydrogen-bond donors (Lipinski definition) is 1. The van der Waals surface area contributed by atoms with Gasteiger partial charge in [-0.1, -0.05) is 22.7 Å². The molecule has 1 N–H and O–H groups in total. The molecule has 0 atom stereocenters. The van der Waals surface area contributed by atoms with E-state index in [0.717, 1.165) is 21.3 Å². The van der Waals surface area contributed by atoms with Crippen molar-refractivity contribution in [3.63, 3.8) is 0 Å². The molecule has 2 heterocycles. The lowest BCUT2D eigenvalue weighted by molar-refractivity contribution is -0.579. The van der Waals surface area contributed by atoms with Crippen LogP contribution >= 0.6 is 11.8 Å². The number of carboxylic acid groups (broad SMARTS) is 1. The van der Waals surface area contributed by atoms with Gasteiger partial charge in [-0.25, -0.2) is 0 Å². The lowest BCUT2D eigenvalue weighted by Gasteiger charge is -2.03. The average molecular weight is 271 g/mol. The first kappa shape index (κ1) is 11.9. The van der Waals surface area contributed by atoms with Crippen LogP contribution in [0.5, 0.6) is 0 Å². The maximum absolute atomic E-state index is 10.8. The number of rotatable bonds is 3. The SMILES string of the molecule is O=C(O)CSc1c2ccccc2n[n+]2ccccc12. The van der Waals surface area contributed by atoms with Gasteiger partial charge in [0.1, 0.15) is 5.52 Å². The molecular weight excluding hydrogens is 260 g/mol. The van der Waals surface area contributed by atoms with E-state index in [-0.39, 0.29) is 5.75 Å². The van der Waals surface area contributed by atoms with Crippen LogP contribution in [0.4, 0.5) is 0 Å². The van der Waals surface area contributed by atoms with Gasteiger partial charge in [0.25, 0.3) is 5.52 Å². The van der Waals surface area contributed by atoms with Gasteiger partial charge in [-0.05, 0) is 12.1 Å². The van der Waals surface area contributed by atoms with Crippen LogP contribution < -0.4 is 4.52 Å². The fourth-order valence-electron chi connectivity index (χ4n) is 1.99. The molecule has 0 aliphatic heterocycles. The zero-order valence-corrected chi connectivity index (χ0v) is 10.8. The van der Waals surface area contributed by atoms with E-state index in [1.165, 1.54) is 11.8 Å². The molecule has 2 aromatic heterocycles. The van der Waals surface area contributed by atoms with Crippen molar-refractivity contribution in [2.75, 3.05) is 5.75 Å². The number of carboxylic acids is 1. The van der Waals surface area contributed by atoms with Gasteiger partial charge in [0.2, 0.25) is 6.20 Å². The van der Waals surface area contributed by atoms with E-state index < -0.39 is 5.97 Å². The minimum absolute atomic E-state index is 0.0402. The molecule has 94 valence electrons. The highest BCUT2D eigenvalue weighted by atomic mass is 32.2. The second-order valence-electron chi connectivity index (χ2n) is 4.06. The van der Waals surface area contributed by atoms with E-state index in [1.807, 2.05) is 48.7 Å². The minimum Gasteiger partial charge on any atom is -0.481 e. The molecule has 0 unspecified atom stereocenters. The molecule has 0 aliphatic rings. The first-order valence-electron chi connectivity index (χ1n) is 5.80. The topological polar surface area (TPSA) is 54.3 Å². The van der Waals surface area contributed by atoms with Crippen molar-refractivity contribution in [1.82, 2.24) is 5.10 Å². The predicted octanol–water partition coefficient (Wildman–Crippen LogP) is 2.15. The Bertz CT molecular complexity index is 720. The fraction of sp³-hybridized carbons (Fsp3) is 0.0714. The van der Waals surface area contributed by atoms with Gasteiger partial charge in [-0.2, -0.15) is 0 Å². The van der Waals surface area contributed by atoms with Crippen molar-refractivity contribution < 1.29 is 14.4 Å². The lowest BCUT2D eigenvalue weighted by Crippen LogP contribution is -2.26. The summed E-state index contributed by atoms with van der Waals surface area (Å²) < 4.78 is 1.78. The second kappa shape index (κ2) is 4.85. The monoisotopic (exact) mass is 271 g/mol.